The average molecular weight is 350 g/mol. The van der Waals surface area contributed by atoms with Crippen molar-refractivity contribution in [1.82, 2.24) is 4.72 Å². The van der Waals surface area contributed by atoms with Gasteiger partial charge in [0, 0.05) is 10.6 Å². The van der Waals surface area contributed by atoms with E-state index in [9.17, 15) is 13.2 Å². The fourth-order valence-corrected chi connectivity index (χ4v) is 4.10. The fraction of sp³-hybridized carbons (Fsp3) is 0.235. The maximum absolute atomic E-state index is 12.2. The summed E-state index contributed by atoms with van der Waals surface area (Å²) in [6, 6.07) is 11.9. The lowest BCUT2D eigenvalue weighted by molar-refractivity contribution is 0.0981. The molecule has 0 radical (unpaired) electrons. The smallest absolute Gasteiger partial charge is 0.264 e. The molecule has 1 aliphatic rings. The van der Waals surface area contributed by atoms with Crippen LogP contribution in [0.4, 0.5) is 0 Å². The van der Waals surface area contributed by atoms with Crippen molar-refractivity contribution in [2.75, 3.05) is 0 Å². The van der Waals surface area contributed by atoms with E-state index in [4.69, 9.17) is 11.6 Å². The van der Waals surface area contributed by atoms with Crippen molar-refractivity contribution in [3.63, 3.8) is 0 Å². The molecule has 120 valence electrons. The Bertz CT molecular complexity index is 862. The molecule has 0 fully saturated rings. The van der Waals surface area contributed by atoms with Gasteiger partial charge < -0.3 is 0 Å². The summed E-state index contributed by atoms with van der Waals surface area (Å²) in [4.78, 5) is 12.2. The van der Waals surface area contributed by atoms with Crippen molar-refractivity contribution in [2.45, 2.75) is 25.0 Å². The van der Waals surface area contributed by atoms with Crippen LogP contribution in [-0.2, 0) is 28.6 Å². The molecule has 0 atom stereocenters. The van der Waals surface area contributed by atoms with Crippen molar-refractivity contribution in [1.29, 1.82) is 0 Å². The van der Waals surface area contributed by atoms with Crippen LogP contribution in [0.3, 0.4) is 0 Å². The molecule has 4 nitrogen and oxygen atoms in total. The molecule has 23 heavy (non-hydrogen) atoms. The molecular weight excluding hydrogens is 334 g/mol. The van der Waals surface area contributed by atoms with E-state index >= 15 is 0 Å². The molecule has 3 rings (SSSR count). The summed E-state index contributed by atoms with van der Waals surface area (Å²) in [5.41, 5.74) is 3.28. The van der Waals surface area contributed by atoms with E-state index < -0.39 is 15.9 Å². The van der Waals surface area contributed by atoms with E-state index in [-0.39, 0.29) is 5.75 Å². The molecule has 0 saturated heterocycles. The number of amides is 1. The first kappa shape index (κ1) is 16.0. The molecule has 0 saturated carbocycles. The van der Waals surface area contributed by atoms with E-state index in [2.05, 4.69) is 4.72 Å². The van der Waals surface area contributed by atoms with Gasteiger partial charge in [0.2, 0.25) is 10.0 Å². The van der Waals surface area contributed by atoms with Crippen LogP contribution in [0.2, 0.25) is 5.02 Å². The number of halogens is 1. The van der Waals surface area contributed by atoms with E-state index in [0.717, 1.165) is 24.8 Å². The van der Waals surface area contributed by atoms with Crippen molar-refractivity contribution in [2.24, 2.45) is 0 Å². The van der Waals surface area contributed by atoms with Crippen molar-refractivity contribution in [3.05, 3.63) is 69.7 Å². The Hall–Kier alpha value is -1.85. The van der Waals surface area contributed by atoms with Crippen LogP contribution in [0.15, 0.2) is 42.5 Å². The number of aryl methyl sites for hydroxylation is 2. The number of benzene rings is 2. The monoisotopic (exact) mass is 349 g/mol. The predicted octanol–water partition coefficient (Wildman–Crippen LogP) is 3.09. The molecule has 1 amide bonds. The van der Waals surface area contributed by atoms with Gasteiger partial charge in [-0.25, -0.2) is 13.1 Å². The fourth-order valence-electron chi connectivity index (χ4n) is 2.80. The lowest BCUT2D eigenvalue weighted by Gasteiger charge is -2.08. The lowest BCUT2D eigenvalue weighted by Crippen LogP contribution is -2.31. The molecule has 2 aromatic carbocycles. The quantitative estimate of drug-likeness (QED) is 0.922. The minimum absolute atomic E-state index is 0.287. The third kappa shape index (κ3) is 3.92. The van der Waals surface area contributed by atoms with Crippen LogP contribution in [0.5, 0.6) is 0 Å². The minimum atomic E-state index is -3.77. The van der Waals surface area contributed by atoms with E-state index in [1.54, 1.807) is 36.4 Å². The summed E-state index contributed by atoms with van der Waals surface area (Å²) < 4.78 is 26.4. The molecule has 0 aromatic heterocycles. The van der Waals surface area contributed by atoms with Crippen LogP contribution < -0.4 is 4.72 Å². The first-order valence-electron chi connectivity index (χ1n) is 7.34. The average Bonchev–Trinajstić information content (AvgIpc) is 2.93. The predicted molar refractivity (Wildman–Crippen MR) is 90.0 cm³/mol. The Morgan fingerprint density at radius 3 is 2.65 bits per heavy atom. The largest absolute Gasteiger partial charge is 0.268 e. The molecule has 2 aromatic rings. The molecule has 0 bridgehead atoms. The second kappa shape index (κ2) is 6.34. The van der Waals surface area contributed by atoms with Crippen LogP contribution >= 0.6 is 11.6 Å². The number of nitrogens with one attached hydrogen (secondary N) is 1. The first-order valence-corrected chi connectivity index (χ1v) is 9.37. The molecule has 1 N–H and O–H groups in total. The highest BCUT2D eigenvalue weighted by atomic mass is 35.5. The third-order valence-electron chi connectivity index (χ3n) is 3.85. The van der Waals surface area contributed by atoms with Gasteiger partial charge in [-0.3, -0.25) is 4.79 Å². The molecule has 0 heterocycles. The summed E-state index contributed by atoms with van der Waals surface area (Å²) >= 11 is 5.85. The molecule has 0 unspecified atom stereocenters. The number of hydrogen-bond acceptors (Lipinski definition) is 3. The molecular formula is C17H16ClNO3S. The van der Waals surface area contributed by atoms with Gasteiger partial charge >= 0.3 is 0 Å². The number of carbonyl (C=O) groups excluding carboxylic acids is 1. The van der Waals surface area contributed by atoms with Crippen LogP contribution in [0.25, 0.3) is 0 Å². The summed E-state index contributed by atoms with van der Waals surface area (Å²) in [5.74, 6) is -0.883. The number of fused-ring (bicyclic) bond motifs is 1. The molecule has 0 aliphatic heterocycles. The van der Waals surface area contributed by atoms with Crippen LogP contribution in [0.1, 0.15) is 33.5 Å². The summed E-state index contributed by atoms with van der Waals surface area (Å²) in [5, 5.41) is 0.461. The Kier molecular flexibility index (Phi) is 4.41. The Morgan fingerprint density at radius 2 is 1.87 bits per heavy atom. The molecule has 1 aliphatic carbocycles. The van der Waals surface area contributed by atoms with Crippen molar-refractivity contribution >= 4 is 27.5 Å². The second-order valence-corrected chi connectivity index (χ2v) is 7.82. The normalized spacial score (nSPS) is 13.6. The lowest BCUT2D eigenvalue weighted by atomic mass is 10.1. The van der Waals surface area contributed by atoms with Gasteiger partial charge in [0.15, 0.2) is 0 Å². The Balaban J connectivity index is 1.73. The first-order chi connectivity index (χ1) is 10.9. The number of rotatable bonds is 4. The van der Waals surface area contributed by atoms with Gasteiger partial charge in [-0.15, -0.1) is 0 Å². The van der Waals surface area contributed by atoms with Crippen molar-refractivity contribution < 1.29 is 13.2 Å². The highest BCUT2D eigenvalue weighted by molar-refractivity contribution is 7.89. The van der Waals surface area contributed by atoms with Gasteiger partial charge in [-0.05, 0) is 60.2 Å². The highest BCUT2D eigenvalue weighted by Gasteiger charge is 2.19. The third-order valence-corrected chi connectivity index (χ3v) is 5.30. The van der Waals surface area contributed by atoms with E-state index in [1.165, 1.54) is 5.56 Å². The summed E-state index contributed by atoms with van der Waals surface area (Å²) in [7, 11) is -3.77. The van der Waals surface area contributed by atoms with Crippen LogP contribution in [-0.4, -0.2) is 14.3 Å². The number of sulfonamides is 1. The standard InChI is InChI=1S/C17H16ClNO3S/c18-16-6-1-3-12(9-16)11-23(21,22)19-17(20)15-8-7-13-4-2-5-14(13)10-15/h1,3,6-10H,2,4-5,11H2,(H,19,20). The zero-order valence-corrected chi connectivity index (χ0v) is 14.0. The maximum atomic E-state index is 12.2. The summed E-state index contributed by atoms with van der Waals surface area (Å²) in [6.07, 6.45) is 3.03. The second-order valence-electron chi connectivity index (χ2n) is 5.66. The van der Waals surface area contributed by atoms with Gasteiger partial charge in [0.05, 0.1) is 5.75 Å². The SMILES string of the molecule is O=C(NS(=O)(=O)Cc1cccc(Cl)c1)c1ccc2c(c1)CCC2. The van der Waals surface area contributed by atoms with Gasteiger partial charge in [0.25, 0.3) is 5.91 Å². The molecule has 6 heteroatoms. The minimum Gasteiger partial charge on any atom is -0.268 e. The van der Waals surface area contributed by atoms with Gasteiger partial charge in [-0.1, -0.05) is 29.8 Å². The maximum Gasteiger partial charge on any atom is 0.264 e. The highest BCUT2D eigenvalue weighted by Crippen LogP contribution is 2.23. The van der Waals surface area contributed by atoms with Gasteiger partial charge in [0.1, 0.15) is 0 Å². The van der Waals surface area contributed by atoms with Crippen LogP contribution in [0, 0.1) is 0 Å². The number of carbonyl (C=O) groups is 1. The zero-order valence-electron chi connectivity index (χ0n) is 12.4. The topological polar surface area (TPSA) is 63.2 Å². The van der Waals surface area contributed by atoms with E-state index in [0.29, 0.717) is 16.1 Å². The summed E-state index contributed by atoms with van der Waals surface area (Å²) in [6.45, 7) is 0. The van der Waals surface area contributed by atoms with Crippen molar-refractivity contribution in [3.8, 4) is 0 Å². The van der Waals surface area contributed by atoms with E-state index in [1.807, 2.05) is 6.07 Å². The Labute approximate surface area is 140 Å². The Morgan fingerprint density at radius 1 is 1.09 bits per heavy atom. The number of hydrogen-bond donors (Lipinski definition) is 1. The zero-order chi connectivity index (χ0) is 16.4. The molecule has 0 spiro atoms. The van der Waals surface area contributed by atoms with Gasteiger partial charge in [-0.2, -0.15) is 0 Å².